The summed E-state index contributed by atoms with van der Waals surface area (Å²) in [5.74, 6) is 0.473. The normalized spacial score (nSPS) is 14.2. The van der Waals surface area contributed by atoms with Gasteiger partial charge in [0, 0.05) is 19.2 Å². The van der Waals surface area contributed by atoms with Crippen molar-refractivity contribution in [3.05, 3.63) is 53.1 Å². The largest absolute Gasteiger partial charge is 0.379 e. The number of carbonyl (C=O) groups is 1. The number of aryl methyl sites for hydroxylation is 2. The number of hydrogen-bond acceptors (Lipinski definition) is 4. The summed E-state index contributed by atoms with van der Waals surface area (Å²) in [6.07, 6.45) is 1.55. The molecule has 0 unspecified atom stereocenters. The zero-order valence-electron chi connectivity index (χ0n) is 16.2. The number of hydrogen-bond donors (Lipinski definition) is 0. The second-order valence-electron chi connectivity index (χ2n) is 7.30. The second kappa shape index (κ2) is 7.35. The number of rotatable bonds is 4. The quantitative estimate of drug-likeness (QED) is 0.738. The monoisotopic (exact) mass is 387 g/mol. The molecule has 5 nitrogen and oxygen atoms in total. The van der Waals surface area contributed by atoms with Gasteiger partial charge in [-0.3, -0.25) is 4.79 Å². The molecule has 144 valence electrons. The van der Waals surface area contributed by atoms with Gasteiger partial charge in [-0.25, -0.2) is 0 Å². The van der Waals surface area contributed by atoms with Crippen molar-refractivity contribution in [2.75, 3.05) is 11.4 Å². The first-order valence-electron chi connectivity index (χ1n) is 9.15. The summed E-state index contributed by atoms with van der Waals surface area (Å²) in [6, 6.07) is 10.5. The molecule has 0 bridgehead atoms. The Balaban J connectivity index is 1.97. The molecule has 0 radical (unpaired) electrons. The van der Waals surface area contributed by atoms with Crippen molar-refractivity contribution in [1.82, 2.24) is 0 Å². The zero-order chi connectivity index (χ0) is 19.8. The molecule has 0 saturated heterocycles. The first kappa shape index (κ1) is 19.4. The van der Waals surface area contributed by atoms with Crippen molar-refractivity contribution < 1.29 is 17.4 Å². The topological polar surface area (TPSA) is 63.7 Å². The van der Waals surface area contributed by atoms with Gasteiger partial charge in [0.05, 0.1) is 0 Å². The summed E-state index contributed by atoms with van der Waals surface area (Å²) in [4.78, 5) is 13.6. The fourth-order valence-electron chi connectivity index (χ4n) is 3.41. The lowest BCUT2D eigenvalue weighted by Gasteiger charge is -2.28. The summed E-state index contributed by atoms with van der Waals surface area (Å²) in [6.45, 7) is 8.08. The number of amides is 1. The molecule has 3 rings (SSSR count). The van der Waals surface area contributed by atoms with Gasteiger partial charge >= 0.3 is 10.1 Å². The van der Waals surface area contributed by atoms with Crippen LogP contribution in [0.3, 0.4) is 0 Å². The first-order chi connectivity index (χ1) is 12.7. The third-order valence-electron chi connectivity index (χ3n) is 4.83. The van der Waals surface area contributed by atoms with E-state index in [1.807, 2.05) is 32.9 Å². The Bertz CT molecular complexity index is 980. The van der Waals surface area contributed by atoms with Gasteiger partial charge in [-0.2, -0.15) is 8.42 Å². The smallest absolute Gasteiger partial charge is 0.339 e. The van der Waals surface area contributed by atoms with Crippen molar-refractivity contribution >= 4 is 21.7 Å². The van der Waals surface area contributed by atoms with E-state index < -0.39 is 10.1 Å². The molecule has 0 atom stereocenters. The summed E-state index contributed by atoms with van der Waals surface area (Å²) < 4.78 is 31.3. The van der Waals surface area contributed by atoms with Crippen LogP contribution in [-0.4, -0.2) is 20.9 Å². The van der Waals surface area contributed by atoms with Gasteiger partial charge in [-0.15, -0.1) is 0 Å². The third-order valence-corrected chi connectivity index (χ3v) is 6.06. The SMILES string of the molecule is CC(=O)N1CCCc2cc(S(=O)(=O)Oc3cc(C)ccc3C(C)C)ccc21. The van der Waals surface area contributed by atoms with Crippen LogP contribution in [0, 0.1) is 6.92 Å². The highest BCUT2D eigenvalue weighted by molar-refractivity contribution is 7.87. The van der Waals surface area contributed by atoms with Crippen LogP contribution in [-0.2, 0) is 21.3 Å². The van der Waals surface area contributed by atoms with Crippen molar-refractivity contribution in [3.63, 3.8) is 0 Å². The van der Waals surface area contributed by atoms with Crippen LogP contribution in [0.2, 0.25) is 0 Å². The van der Waals surface area contributed by atoms with E-state index in [4.69, 9.17) is 4.18 Å². The first-order valence-corrected chi connectivity index (χ1v) is 10.6. The number of fused-ring (bicyclic) bond motifs is 1. The lowest BCUT2D eigenvalue weighted by Crippen LogP contribution is -2.33. The molecule has 0 aliphatic carbocycles. The molecule has 2 aromatic rings. The summed E-state index contributed by atoms with van der Waals surface area (Å²) >= 11 is 0. The molecule has 0 N–H and O–H groups in total. The van der Waals surface area contributed by atoms with E-state index in [0.717, 1.165) is 35.2 Å². The van der Waals surface area contributed by atoms with E-state index in [0.29, 0.717) is 12.3 Å². The molecule has 1 aliphatic rings. The van der Waals surface area contributed by atoms with Crippen LogP contribution >= 0.6 is 0 Å². The lowest BCUT2D eigenvalue weighted by molar-refractivity contribution is -0.116. The van der Waals surface area contributed by atoms with Gasteiger partial charge in [-0.05, 0) is 66.6 Å². The van der Waals surface area contributed by atoms with E-state index in [9.17, 15) is 13.2 Å². The number of nitrogens with zero attached hydrogens (tertiary/aromatic N) is 1. The van der Waals surface area contributed by atoms with Crippen molar-refractivity contribution in [2.24, 2.45) is 0 Å². The Labute approximate surface area is 161 Å². The minimum absolute atomic E-state index is 0.0378. The van der Waals surface area contributed by atoms with E-state index in [1.54, 1.807) is 23.1 Å². The molecule has 0 fully saturated rings. The van der Waals surface area contributed by atoms with E-state index in [-0.39, 0.29) is 16.7 Å². The molecule has 1 amide bonds. The van der Waals surface area contributed by atoms with Crippen LogP contribution in [0.15, 0.2) is 41.3 Å². The number of benzene rings is 2. The second-order valence-corrected chi connectivity index (χ2v) is 8.84. The summed E-state index contributed by atoms with van der Waals surface area (Å²) in [5.41, 5.74) is 3.43. The fraction of sp³-hybridized carbons (Fsp3) is 0.381. The molecule has 27 heavy (non-hydrogen) atoms. The Kier molecular flexibility index (Phi) is 5.29. The highest BCUT2D eigenvalue weighted by Crippen LogP contribution is 2.33. The van der Waals surface area contributed by atoms with Crippen molar-refractivity contribution in [3.8, 4) is 5.75 Å². The average Bonchev–Trinajstić information content (AvgIpc) is 2.60. The maximum atomic E-state index is 12.9. The van der Waals surface area contributed by atoms with Crippen LogP contribution in [0.4, 0.5) is 5.69 Å². The molecule has 1 aliphatic heterocycles. The Morgan fingerprint density at radius 2 is 1.89 bits per heavy atom. The van der Waals surface area contributed by atoms with Gasteiger partial charge in [0.15, 0.2) is 0 Å². The minimum Gasteiger partial charge on any atom is -0.379 e. The predicted molar refractivity (Wildman–Crippen MR) is 106 cm³/mol. The minimum atomic E-state index is -3.96. The molecule has 0 spiro atoms. The number of anilines is 1. The standard InChI is InChI=1S/C21H25NO4S/c1-14(2)19-9-7-15(3)12-21(19)26-27(24,25)18-8-10-20-17(13-18)6-5-11-22(20)16(4)23/h7-10,12-14H,5-6,11H2,1-4H3. The van der Waals surface area contributed by atoms with Gasteiger partial charge in [0.25, 0.3) is 0 Å². The van der Waals surface area contributed by atoms with Gasteiger partial charge in [0.2, 0.25) is 5.91 Å². The van der Waals surface area contributed by atoms with E-state index >= 15 is 0 Å². The zero-order valence-corrected chi connectivity index (χ0v) is 17.0. The van der Waals surface area contributed by atoms with Crippen molar-refractivity contribution in [2.45, 2.75) is 51.3 Å². The Morgan fingerprint density at radius 3 is 2.56 bits per heavy atom. The highest BCUT2D eigenvalue weighted by atomic mass is 32.2. The lowest BCUT2D eigenvalue weighted by atomic mass is 10.0. The molecule has 0 saturated carbocycles. The Hall–Kier alpha value is -2.34. The maximum absolute atomic E-state index is 12.9. The predicted octanol–water partition coefficient (Wildman–Crippen LogP) is 4.19. The molecular weight excluding hydrogens is 362 g/mol. The fourth-order valence-corrected chi connectivity index (χ4v) is 4.41. The number of carbonyl (C=O) groups excluding carboxylic acids is 1. The molecular formula is C21H25NO4S. The Morgan fingerprint density at radius 1 is 1.15 bits per heavy atom. The van der Waals surface area contributed by atoms with E-state index in [2.05, 4.69) is 0 Å². The van der Waals surface area contributed by atoms with E-state index in [1.165, 1.54) is 13.0 Å². The highest BCUT2D eigenvalue weighted by Gasteiger charge is 2.25. The molecule has 2 aromatic carbocycles. The molecule has 0 aromatic heterocycles. The summed E-state index contributed by atoms with van der Waals surface area (Å²) in [5, 5.41) is 0. The van der Waals surface area contributed by atoms with Gasteiger partial charge in [-0.1, -0.05) is 26.0 Å². The molecule has 1 heterocycles. The van der Waals surface area contributed by atoms with Crippen LogP contribution < -0.4 is 9.08 Å². The van der Waals surface area contributed by atoms with Crippen LogP contribution in [0.5, 0.6) is 5.75 Å². The average molecular weight is 388 g/mol. The van der Waals surface area contributed by atoms with Gasteiger partial charge < -0.3 is 9.08 Å². The van der Waals surface area contributed by atoms with Crippen LogP contribution in [0.25, 0.3) is 0 Å². The maximum Gasteiger partial charge on any atom is 0.339 e. The third kappa shape index (κ3) is 4.00. The molecule has 6 heteroatoms. The van der Waals surface area contributed by atoms with Crippen LogP contribution in [0.1, 0.15) is 49.8 Å². The summed E-state index contributed by atoms with van der Waals surface area (Å²) in [7, 11) is -3.96. The van der Waals surface area contributed by atoms with Gasteiger partial charge in [0.1, 0.15) is 10.6 Å². The van der Waals surface area contributed by atoms with Crippen molar-refractivity contribution in [1.29, 1.82) is 0 Å².